The Labute approximate surface area is 162 Å². The lowest BCUT2D eigenvalue weighted by molar-refractivity contribution is 0.0950. The summed E-state index contributed by atoms with van der Waals surface area (Å²) in [7, 11) is 0. The summed E-state index contributed by atoms with van der Waals surface area (Å²) in [5, 5.41) is 5.56. The van der Waals surface area contributed by atoms with E-state index in [1.54, 1.807) is 60.9 Å². The number of hydrogen-bond acceptors (Lipinski definition) is 4. The minimum atomic E-state index is -0.336. The van der Waals surface area contributed by atoms with E-state index < -0.39 is 0 Å². The monoisotopic (exact) mass is 373 g/mol. The standard InChI is InChI=1S/C22H19N3O3/c1-15(26)17-7-9-20(10-8-17)25-22(28)19-6-2-5-18(12-19)21(27)24-14-16-4-3-11-23-13-16/h2-13H,14H2,1H3,(H,24,27)(H,25,28). The van der Waals surface area contributed by atoms with Gasteiger partial charge in [-0.1, -0.05) is 12.1 Å². The Bertz CT molecular complexity index is 999. The van der Waals surface area contributed by atoms with Crippen LogP contribution in [0.15, 0.2) is 73.1 Å². The predicted octanol–water partition coefficient (Wildman–Crippen LogP) is 3.47. The Morgan fingerprint density at radius 2 is 1.57 bits per heavy atom. The van der Waals surface area contributed by atoms with Crippen molar-refractivity contribution in [3.8, 4) is 0 Å². The fraction of sp³-hybridized carbons (Fsp3) is 0.0909. The van der Waals surface area contributed by atoms with Gasteiger partial charge < -0.3 is 10.6 Å². The molecule has 2 amide bonds. The average molecular weight is 373 g/mol. The molecule has 0 aliphatic rings. The highest BCUT2D eigenvalue weighted by molar-refractivity contribution is 6.06. The summed E-state index contributed by atoms with van der Waals surface area (Å²) < 4.78 is 0. The van der Waals surface area contributed by atoms with Gasteiger partial charge in [-0.3, -0.25) is 19.4 Å². The smallest absolute Gasteiger partial charge is 0.255 e. The van der Waals surface area contributed by atoms with Crippen LogP contribution in [0.2, 0.25) is 0 Å². The molecule has 6 nitrogen and oxygen atoms in total. The highest BCUT2D eigenvalue weighted by atomic mass is 16.2. The first-order valence-corrected chi connectivity index (χ1v) is 8.72. The first-order valence-electron chi connectivity index (χ1n) is 8.72. The van der Waals surface area contributed by atoms with E-state index in [1.165, 1.54) is 13.0 Å². The Kier molecular flexibility index (Phi) is 5.91. The minimum Gasteiger partial charge on any atom is -0.348 e. The van der Waals surface area contributed by atoms with E-state index >= 15 is 0 Å². The van der Waals surface area contributed by atoms with Gasteiger partial charge in [-0.05, 0) is 61.0 Å². The number of pyridine rings is 1. The maximum absolute atomic E-state index is 12.5. The van der Waals surface area contributed by atoms with Crippen molar-refractivity contribution in [1.82, 2.24) is 10.3 Å². The van der Waals surface area contributed by atoms with E-state index in [0.29, 0.717) is 28.9 Å². The third-order valence-corrected chi connectivity index (χ3v) is 4.11. The van der Waals surface area contributed by atoms with Crippen molar-refractivity contribution < 1.29 is 14.4 Å². The van der Waals surface area contributed by atoms with E-state index in [1.807, 2.05) is 6.07 Å². The quantitative estimate of drug-likeness (QED) is 0.648. The topological polar surface area (TPSA) is 88.2 Å². The third-order valence-electron chi connectivity index (χ3n) is 4.11. The number of anilines is 1. The van der Waals surface area contributed by atoms with Crippen LogP contribution in [-0.2, 0) is 6.54 Å². The van der Waals surface area contributed by atoms with Gasteiger partial charge in [0.1, 0.15) is 0 Å². The molecule has 2 aromatic carbocycles. The average Bonchev–Trinajstić information content (AvgIpc) is 2.73. The number of Topliss-reactive ketones (excluding diaryl/α,β-unsaturated/α-hetero) is 1. The molecule has 0 fully saturated rings. The van der Waals surface area contributed by atoms with Crippen LogP contribution in [-0.4, -0.2) is 22.6 Å². The van der Waals surface area contributed by atoms with E-state index in [9.17, 15) is 14.4 Å². The molecule has 3 rings (SSSR count). The zero-order valence-electron chi connectivity index (χ0n) is 15.3. The molecule has 1 aromatic heterocycles. The Morgan fingerprint density at radius 1 is 0.857 bits per heavy atom. The van der Waals surface area contributed by atoms with Crippen molar-refractivity contribution in [2.45, 2.75) is 13.5 Å². The normalized spacial score (nSPS) is 10.2. The van der Waals surface area contributed by atoms with Crippen molar-refractivity contribution in [1.29, 1.82) is 0 Å². The maximum atomic E-state index is 12.5. The van der Waals surface area contributed by atoms with Crippen molar-refractivity contribution in [2.24, 2.45) is 0 Å². The van der Waals surface area contributed by atoms with Crippen molar-refractivity contribution in [3.63, 3.8) is 0 Å². The number of nitrogens with one attached hydrogen (secondary N) is 2. The first kappa shape index (κ1) is 19.0. The number of benzene rings is 2. The van der Waals surface area contributed by atoms with Crippen LogP contribution in [0.25, 0.3) is 0 Å². The number of carbonyl (C=O) groups excluding carboxylic acids is 3. The van der Waals surface area contributed by atoms with Gasteiger partial charge >= 0.3 is 0 Å². The summed E-state index contributed by atoms with van der Waals surface area (Å²) in [6.45, 7) is 1.84. The number of ketones is 1. The second-order valence-electron chi connectivity index (χ2n) is 6.21. The summed E-state index contributed by atoms with van der Waals surface area (Å²) >= 11 is 0. The lowest BCUT2D eigenvalue weighted by Crippen LogP contribution is -2.23. The number of nitrogens with zero attached hydrogens (tertiary/aromatic N) is 1. The van der Waals surface area contributed by atoms with E-state index in [4.69, 9.17) is 0 Å². The molecule has 1 heterocycles. The number of aromatic nitrogens is 1. The molecule has 0 saturated carbocycles. The van der Waals surface area contributed by atoms with Crippen molar-refractivity contribution in [3.05, 3.63) is 95.3 Å². The maximum Gasteiger partial charge on any atom is 0.255 e. The SMILES string of the molecule is CC(=O)c1ccc(NC(=O)c2cccc(C(=O)NCc3cccnc3)c2)cc1. The Hall–Kier alpha value is -3.80. The second-order valence-corrected chi connectivity index (χ2v) is 6.21. The van der Waals surface area contributed by atoms with Crippen LogP contribution in [0.1, 0.15) is 43.6 Å². The molecule has 2 N–H and O–H groups in total. The summed E-state index contributed by atoms with van der Waals surface area (Å²) in [5.41, 5.74) is 2.79. The molecule has 0 aliphatic heterocycles. The highest BCUT2D eigenvalue weighted by Gasteiger charge is 2.11. The van der Waals surface area contributed by atoms with E-state index in [2.05, 4.69) is 15.6 Å². The van der Waals surface area contributed by atoms with Crippen LogP contribution in [0.5, 0.6) is 0 Å². The van der Waals surface area contributed by atoms with Gasteiger partial charge in [0.25, 0.3) is 11.8 Å². The predicted molar refractivity (Wildman–Crippen MR) is 106 cm³/mol. The van der Waals surface area contributed by atoms with Crippen LogP contribution in [0.4, 0.5) is 5.69 Å². The number of rotatable bonds is 6. The third kappa shape index (κ3) is 4.88. The van der Waals surface area contributed by atoms with Crippen molar-refractivity contribution >= 4 is 23.3 Å². The van der Waals surface area contributed by atoms with Crippen LogP contribution < -0.4 is 10.6 Å². The summed E-state index contributed by atoms with van der Waals surface area (Å²) in [6, 6.07) is 16.8. The molecule has 0 unspecified atom stereocenters. The fourth-order valence-electron chi connectivity index (χ4n) is 2.58. The molecule has 0 spiro atoms. The number of amides is 2. The number of hydrogen-bond donors (Lipinski definition) is 2. The van der Waals surface area contributed by atoms with Gasteiger partial charge in [-0.15, -0.1) is 0 Å². The molecule has 140 valence electrons. The lowest BCUT2D eigenvalue weighted by atomic mass is 10.1. The van der Waals surface area contributed by atoms with Crippen LogP contribution in [0.3, 0.4) is 0 Å². The molecule has 0 saturated heterocycles. The van der Waals surface area contributed by atoms with Crippen molar-refractivity contribution in [2.75, 3.05) is 5.32 Å². The Balaban J connectivity index is 1.65. The molecule has 28 heavy (non-hydrogen) atoms. The van der Waals surface area contributed by atoms with Gasteiger partial charge in [-0.2, -0.15) is 0 Å². The van der Waals surface area contributed by atoms with E-state index in [-0.39, 0.29) is 17.6 Å². The van der Waals surface area contributed by atoms with Gasteiger partial charge in [0.15, 0.2) is 5.78 Å². The zero-order chi connectivity index (χ0) is 19.9. The minimum absolute atomic E-state index is 0.0390. The molecule has 0 aliphatic carbocycles. The summed E-state index contributed by atoms with van der Waals surface area (Å²) in [5.74, 6) is -0.648. The second kappa shape index (κ2) is 8.73. The number of carbonyl (C=O) groups is 3. The summed E-state index contributed by atoms with van der Waals surface area (Å²) in [6.07, 6.45) is 3.35. The molecule has 0 atom stereocenters. The van der Waals surface area contributed by atoms with Gasteiger partial charge in [0, 0.05) is 41.3 Å². The van der Waals surface area contributed by atoms with Gasteiger partial charge in [0.05, 0.1) is 0 Å². The van der Waals surface area contributed by atoms with Crippen LogP contribution >= 0.6 is 0 Å². The molecular weight excluding hydrogens is 354 g/mol. The highest BCUT2D eigenvalue weighted by Crippen LogP contribution is 2.13. The molecule has 6 heteroatoms. The van der Waals surface area contributed by atoms with Crippen LogP contribution in [0, 0.1) is 0 Å². The molecule has 3 aromatic rings. The largest absolute Gasteiger partial charge is 0.348 e. The lowest BCUT2D eigenvalue weighted by Gasteiger charge is -2.08. The van der Waals surface area contributed by atoms with Gasteiger partial charge in [-0.25, -0.2) is 0 Å². The fourth-order valence-corrected chi connectivity index (χ4v) is 2.58. The molecular formula is C22H19N3O3. The zero-order valence-corrected chi connectivity index (χ0v) is 15.3. The van der Waals surface area contributed by atoms with E-state index in [0.717, 1.165) is 5.56 Å². The molecule has 0 bridgehead atoms. The summed E-state index contributed by atoms with van der Waals surface area (Å²) in [4.78, 5) is 40.1. The Morgan fingerprint density at radius 3 is 2.21 bits per heavy atom. The molecule has 0 radical (unpaired) electrons. The first-order chi connectivity index (χ1) is 13.5. The van der Waals surface area contributed by atoms with Gasteiger partial charge in [0.2, 0.25) is 0 Å².